The summed E-state index contributed by atoms with van der Waals surface area (Å²) in [7, 11) is 0. The number of fused-ring (bicyclic) bond motifs is 1. The van der Waals surface area contributed by atoms with Gasteiger partial charge < -0.3 is 15.5 Å². The number of piperazine rings is 1. The molecule has 0 bridgehead atoms. The van der Waals surface area contributed by atoms with E-state index in [0.29, 0.717) is 6.04 Å². The molecule has 3 aliphatic heterocycles. The van der Waals surface area contributed by atoms with E-state index >= 15 is 0 Å². The predicted molar refractivity (Wildman–Crippen MR) is 61.4 cm³/mol. The maximum Gasteiger partial charge on any atom is 0.317 e. The number of nitrogens with one attached hydrogen (secondary N) is 2. The van der Waals surface area contributed by atoms with Crippen LogP contribution in [-0.4, -0.2) is 67.2 Å². The molecule has 1 atom stereocenters. The average molecular weight is 224 g/mol. The van der Waals surface area contributed by atoms with Gasteiger partial charge >= 0.3 is 6.03 Å². The highest BCUT2D eigenvalue weighted by atomic mass is 16.2. The highest BCUT2D eigenvalue weighted by Gasteiger charge is 2.37. The quantitative estimate of drug-likeness (QED) is 0.628. The van der Waals surface area contributed by atoms with Crippen LogP contribution in [0.3, 0.4) is 0 Å². The van der Waals surface area contributed by atoms with Crippen LogP contribution >= 0.6 is 0 Å². The van der Waals surface area contributed by atoms with Gasteiger partial charge in [-0.15, -0.1) is 0 Å². The number of piperidine rings is 1. The smallest absolute Gasteiger partial charge is 0.317 e. The highest BCUT2D eigenvalue weighted by molar-refractivity contribution is 5.77. The van der Waals surface area contributed by atoms with E-state index in [9.17, 15) is 4.79 Å². The molecule has 90 valence electrons. The topological polar surface area (TPSA) is 47.6 Å². The molecule has 0 radical (unpaired) electrons. The molecule has 3 heterocycles. The fourth-order valence-corrected chi connectivity index (χ4v) is 3.13. The van der Waals surface area contributed by atoms with Crippen molar-refractivity contribution < 1.29 is 4.79 Å². The highest BCUT2D eigenvalue weighted by Crippen LogP contribution is 2.19. The van der Waals surface area contributed by atoms with Crippen LogP contribution in [0.2, 0.25) is 0 Å². The Morgan fingerprint density at radius 2 is 1.94 bits per heavy atom. The number of carbonyl (C=O) groups is 1. The minimum Gasteiger partial charge on any atom is -0.336 e. The maximum absolute atomic E-state index is 11.5. The molecule has 3 aliphatic rings. The number of urea groups is 1. The van der Waals surface area contributed by atoms with Crippen LogP contribution in [0.5, 0.6) is 0 Å². The molecule has 1 unspecified atom stereocenters. The third kappa shape index (κ3) is 1.78. The zero-order valence-corrected chi connectivity index (χ0v) is 9.61. The Balaban J connectivity index is 1.61. The Hall–Kier alpha value is -0.810. The van der Waals surface area contributed by atoms with Gasteiger partial charge in [0.05, 0.1) is 6.04 Å². The van der Waals surface area contributed by atoms with Crippen molar-refractivity contribution in [1.82, 2.24) is 20.4 Å². The summed E-state index contributed by atoms with van der Waals surface area (Å²) in [6.07, 6.45) is 2.52. The van der Waals surface area contributed by atoms with Crippen molar-refractivity contribution in [3.05, 3.63) is 0 Å². The average Bonchev–Trinajstić information content (AvgIpc) is 2.72. The van der Waals surface area contributed by atoms with E-state index in [2.05, 4.69) is 15.5 Å². The van der Waals surface area contributed by atoms with Gasteiger partial charge in [-0.3, -0.25) is 4.90 Å². The summed E-state index contributed by atoms with van der Waals surface area (Å²) in [6.45, 7) is 6.14. The minimum atomic E-state index is 0.134. The Labute approximate surface area is 96.2 Å². The van der Waals surface area contributed by atoms with E-state index in [1.807, 2.05) is 4.90 Å². The van der Waals surface area contributed by atoms with Gasteiger partial charge in [-0.25, -0.2) is 4.79 Å². The molecule has 0 aliphatic carbocycles. The molecular formula is C11H20N4O. The Bertz CT molecular complexity index is 277. The number of amides is 2. The molecule has 0 saturated carbocycles. The van der Waals surface area contributed by atoms with Crippen LogP contribution in [0, 0.1) is 0 Å². The summed E-state index contributed by atoms with van der Waals surface area (Å²) in [4.78, 5) is 16.1. The van der Waals surface area contributed by atoms with Crippen LogP contribution in [0.4, 0.5) is 4.79 Å². The molecule has 3 fully saturated rings. The minimum absolute atomic E-state index is 0.134. The third-order valence-electron chi connectivity index (χ3n) is 4.09. The van der Waals surface area contributed by atoms with Crippen LogP contribution in [-0.2, 0) is 0 Å². The zero-order chi connectivity index (χ0) is 11.0. The first kappa shape index (κ1) is 10.4. The normalized spacial score (nSPS) is 32.6. The molecule has 2 N–H and O–H groups in total. The number of nitrogens with zero attached hydrogens (tertiary/aromatic N) is 2. The molecule has 3 saturated heterocycles. The second kappa shape index (κ2) is 4.22. The lowest BCUT2D eigenvalue weighted by molar-refractivity contribution is 0.0752. The molecule has 5 heteroatoms. The maximum atomic E-state index is 11.5. The van der Waals surface area contributed by atoms with Crippen molar-refractivity contribution in [3.63, 3.8) is 0 Å². The first-order valence-electron chi connectivity index (χ1n) is 6.34. The van der Waals surface area contributed by atoms with Crippen molar-refractivity contribution in [2.45, 2.75) is 24.9 Å². The summed E-state index contributed by atoms with van der Waals surface area (Å²) in [5.74, 6) is 0. The molecule has 0 spiro atoms. The lowest BCUT2D eigenvalue weighted by Gasteiger charge is -2.42. The van der Waals surface area contributed by atoms with Gasteiger partial charge in [0.15, 0.2) is 0 Å². The van der Waals surface area contributed by atoms with Crippen molar-refractivity contribution in [2.24, 2.45) is 0 Å². The van der Waals surface area contributed by atoms with Gasteiger partial charge in [0.2, 0.25) is 0 Å². The molecule has 0 aromatic heterocycles. The van der Waals surface area contributed by atoms with E-state index in [1.165, 1.54) is 12.8 Å². The second-order valence-corrected chi connectivity index (χ2v) is 5.01. The molecular weight excluding hydrogens is 204 g/mol. The second-order valence-electron chi connectivity index (χ2n) is 5.01. The van der Waals surface area contributed by atoms with Gasteiger partial charge in [0.1, 0.15) is 0 Å². The van der Waals surface area contributed by atoms with Gasteiger partial charge in [0, 0.05) is 32.2 Å². The van der Waals surface area contributed by atoms with Gasteiger partial charge in [-0.2, -0.15) is 0 Å². The van der Waals surface area contributed by atoms with Crippen LogP contribution in [0.25, 0.3) is 0 Å². The van der Waals surface area contributed by atoms with Crippen LogP contribution in [0.1, 0.15) is 12.8 Å². The van der Waals surface area contributed by atoms with Gasteiger partial charge in [-0.05, 0) is 25.9 Å². The summed E-state index contributed by atoms with van der Waals surface area (Å²) in [5.41, 5.74) is 0. The molecule has 5 nitrogen and oxygen atoms in total. The summed E-state index contributed by atoms with van der Waals surface area (Å²) >= 11 is 0. The Morgan fingerprint density at radius 1 is 1.12 bits per heavy atom. The predicted octanol–water partition coefficient (Wildman–Crippen LogP) is -0.552. The van der Waals surface area contributed by atoms with Crippen molar-refractivity contribution in [3.8, 4) is 0 Å². The van der Waals surface area contributed by atoms with Gasteiger partial charge in [-0.1, -0.05) is 0 Å². The fraction of sp³-hybridized carbons (Fsp3) is 0.909. The molecule has 0 aromatic rings. The van der Waals surface area contributed by atoms with Gasteiger partial charge in [0.25, 0.3) is 0 Å². The number of rotatable bonds is 1. The number of hydrogen-bond donors (Lipinski definition) is 2. The van der Waals surface area contributed by atoms with Crippen molar-refractivity contribution in [2.75, 3.05) is 39.3 Å². The largest absolute Gasteiger partial charge is 0.336 e. The standard InChI is InChI=1S/C11H20N4O/c16-11-13-7-10-8-14(5-6-15(10)11)9-1-3-12-4-2-9/h9-10,12H,1-8H2,(H,13,16). The first-order valence-corrected chi connectivity index (χ1v) is 6.34. The molecule has 2 amide bonds. The van der Waals surface area contributed by atoms with E-state index in [4.69, 9.17) is 0 Å². The molecule has 0 aromatic carbocycles. The van der Waals surface area contributed by atoms with Crippen LogP contribution < -0.4 is 10.6 Å². The first-order chi connectivity index (χ1) is 7.84. The lowest BCUT2D eigenvalue weighted by atomic mass is 10.0. The summed E-state index contributed by atoms with van der Waals surface area (Å²) in [6, 6.07) is 1.28. The summed E-state index contributed by atoms with van der Waals surface area (Å²) in [5, 5.41) is 6.34. The Kier molecular flexibility index (Phi) is 2.73. The van der Waals surface area contributed by atoms with E-state index < -0.39 is 0 Å². The SMILES string of the molecule is O=C1NCC2CN(C3CCNCC3)CCN12. The number of hydrogen-bond acceptors (Lipinski definition) is 3. The third-order valence-corrected chi connectivity index (χ3v) is 4.09. The number of carbonyl (C=O) groups excluding carboxylic acids is 1. The molecule has 16 heavy (non-hydrogen) atoms. The van der Waals surface area contributed by atoms with Crippen molar-refractivity contribution >= 4 is 6.03 Å². The monoisotopic (exact) mass is 224 g/mol. The summed E-state index contributed by atoms with van der Waals surface area (Å²) < 4.78 is 0. The van der Waals surface area contributed by atoms with E-state index in [1.54, 1.807) is 0 Å². The van der Waals surface area contributed by atoms with E-state index in [-0.39, 0.29) is 6.03 Å². The molecule has 3 rings (SSSR count). The Morgan fingerprint density at radius 3 is 2.75 bits per heavy atom. The fourth-order valence-electron chi connectivity index (χ4n) is 3.13. The zero-order valence-electron chi connectivity index (χ0n) is 9.61. The van der Waals surface area contributed by atoms with Crippen LogP contribution in [0.15, 0.2) is 0 Å². The van der Waals surface area contributed by atoms with Crippen molar-refractivity contribution in [1.29, 1.82) is 0 Å². The lowest BCUT2D eigenvalue weighted by Crippen LogP contribution is -2.56. The van der Waals surface area contributed by atoms with E-state index in [0.717, 1.165) is 45.3 Å².